The maximum absolute atomic E-state index is 12.7. The molecular weight excluding hydrogens is 452 g/mol. The minimum atomic E-state index is -0.155. The van der Waals surface area contributed by atoms with E-state index in [1.54, 1.807) is 6.20 Å². The fraction of sp³-hybridized carbons (Fsp3) is 0.448. The topological polar surface area (TPSA) is 75.7 Å². The van der Waals surface area contributed by atoms with Crippen LogP contribution in [-0.4, -0.2) is 48.3 Å². The van der Waals surface area contributed by atoms with E-state index < -0.39 is 0 Å². The minimum absolute atomic E-state index is 0.155. The van der Waals surface area contributed by atoms with Crippen molar-refractivity contribution in [3.05, 3.63) is 60.4 Å². The van der Waals surface area contributed by atoms with Crippen molar-refractivity contribution in [2.75, 3.05) is 31.6 Å². The number of carbonyl (C=O) groups excluding carboxylic acids is 1. The number of nitrogens with zero attached hydrogens (tertiary/aromatic N) is 2. The van der Waals surface area contributed by atoms with E-state index in [-0.39, 0.29) is 12.1 Å². The average Bonchev–Trinajstić information content (AvgIpc) is 3.65. The van der Waals surface area contributed by atoms with Gasteiger partial charge in [-0.1, -0.05) is 45.0 Å². The summed E-state index contributed by atoms with van der Waals surface area (Å²) in [6.45, 7) is 11.0. The third-order valence-corrected chi connectivity index (χ3v) is 7.53. The van der Waals surface area contributed by atoms with E-state index >= 15 is 0 Å². The number of anilines is 1. The van der Waals surface area contributed by atoms with Crippen molar-refractivity contribution in [2.45, 2.75) is 39.8 Å². The van der Waals surface area contributed by atoms with Crippen LogP contribution in [0, 0.1) is 17.8 Å². The average molecular weight is 489 g/mol. The highest BCUT2D eigenvalue weighted by Crippen LogP contribution is 2.41. The van der Waals surface area contributed by atoms with Crippen molar-refractivity contribution in [3.8, 4) is 11.5 Å². The monoisotopic (exact) mass is 488 g/mol. The van der Waals surface area contributed by atoms with Gasteiger partial charge in [-0.15, -0.1) is 0 Å². The summed E-state index contributed by atoms with van der Waals surface area (Å²) in [6.07, 6.45) is 2.83. The molecule has 1 saturated carbocycles. The Bertz CT molecular complexity index is 1190. The molecule has 36 heavy (non-hydrogen) atoms. The number of aromatic nitrogens is 1. The molecule has 2 heterocycles. The van der Waals surface area contributed by atoms with Crippen molar-refractivity contribution in [2.24, 2.45) is 17.8 Å². The van der Waals surface area contributed by atoms with Gasteiger partial charge in [-0.05, 0) is 48.4 Å². The maximum atomic E-state index is 12.7. The van der Waals surface area contributed by atoms with Crippen LogP contribution in [0.1, 0.15) is 32.9 Å². The molecule has 0 bridgehead atoms. The molecule has 1 saturated heterocycles. The smallest absolute Gasteiger partial charge is 0.319 e. The van der Waals surface area contributed by atoms with E-state index in [1.165, 1.54) is 0 Å². The number of hydrogen-bond donors (Lipinski definition) is 2. The molecule has 2 fully saturated rings. The van der Waals surface area contributed by atoms with E-state index in [2.05, 4.69) is 41.3 Å². The second-order valence-corrected chi connectivity index (χ2v) is 10.3. The van der Waals surface area contributed by atoms with Gasteiger partial charge >= 0.3 is 6.03 Å². The first-order valence-corrected chi connectivity index (χ1v) is 13.0. The van der Waals surface area contributed by atoms with Gasteiger partial charge in [-0.2, -0.15) is 0 Å². The minimum Gasteiger partial charge on any atom is -0.455 e. The third kappa shape index (κ3) is 5.79. The van der Waals surface area contributed by atoms with E-state index in [1.807, 2.05) is 48.5 Å². The highest BCUT2D eigenvalue weighted by atomic mass is 16.5. The number of rotatable bonds is 8. The Morgan fingerprint density at radius 2 is 1.86 bits per heavy atom. The zero-order valence-corrected chi connectivity index (χ0v) is 21.4. The van der Waals surface area contributed by atoms with Crippen LogP contribution in [-0.2, 0) is 11.3 Å². The molecule has 1 aliphatic heterocycles. The van der Waals surface area contributed by atoms with Gasteiger partial charge < -0.3 is 20.1 Å². The first-order valence-electron chi connectivity index (χ1n) is 13.0. The number of hydrogen-bond acceptors (Lipinski definition) is 5. The lowest BCUT2D eigenvalue weighted by atomic mass is 9.93. The summed E-state index contributed by atoms with van der Waals surface area (Å²) in [4.78, 5) is 19.7. The molecule has 3 atom stereocenters. The second-order valence-electron chi connectivity index (χ2n) is 10.3. The molecule has 3 aromatic rings. The second kappa shape index (κ2) is 10.8. The lowest BCUT2D eigenvalue weighted by molar-refractivity contribution is 0.0336. The molecular formula is C29H36N4O3. The molecule has 2 N–H and O–H groups in total. The number of ether oxygens (including phenoxy) is 2. The van der Waals surface area contributed by atoms with Gasteiger partial charge in [0.25, 0.3) is 0 Å². The fourth-order valence-corrected chi connectivity index (χ4v) is 4.93. The Morgan fingerprint density at radius 1 is 1.08 bits per heavy atom. The molecule has 5 rings (SSSR count). The molecule has 0 radical (unpaired) electrons. The number of fused-ring (bicyclic) bond motifs is 1. The summed E-state index contributed by atoms with van der Waals surface area (Å²) in [6, 6.07) is 15.8. The molecule has 0 spiro atoms. The first kappa shape index (κ1) is 24.5. The summed E-state index contributed by atoms with van der Waals surface area (Å²) in [5.74, 6) is 3.21. The van der Waals surface area contributed by atoms with Crippen molar-refractivity contribution in [1.29, 1.82) is 0 Å². The molecule has 1 aliphatic carbocycles. The molecule has 190 valence electrons. The van der Waals surface area contributed by atoms with Gasteiger partial charge in [0.05, 0.1) is 30.8 Å². The number of carbonyl (C=O) groups is 1. The molecule has 3 unspecified atom stereocenters. The van der Waals surface area contributed by atoms with E-state index in [0.717, 1.165) is 67.2 Å². The Hall–Kier alpha value is -3.16. The maximum Gasteiger partial charge on any atom is 0.319 e. The molecule has 1 aromatic heterocycles. The molecule has 7 heteroatoms. The van der Waals surface area contributed by atoms with Gasteiger partial charge in [-0.25, -0.2) is 4.79 Å². The summed E-state index contributed by atoms with van der Waals surface area (Å²) in [7, 11) is 0. The van der Waals surface area contributed by atoms with Gasteiger partial charge in [0.1, 0.15) is 11.5 Å². The van der Waals surface area contributed by atoms with E-state index in [4.69, 9.17) is 9.47 Å². The third-order valence-electron chi connectivity index (χ3n) is 7.53. The van der Waals surface area contributed by atoms with Crippen molar-refractivity contribution >= 4 is 22.5 Å². The SMILES string of the molecule is CC(C)C(C)C1CC1NC(=O)Nc1ccc(Oc2ccc(CN3CCOCC3)nc2)c2ccccc12. The molecule has 7 nitrogen and oxygen atoms in total. The van der Waals surface area contributed by atoms with Crippen LogP contribution in [0.4, 0.5) is 10.5 Å². The van der Waals surface area contributed by atoms with Crippen LogP contribution in [0.3, 0.4) is 0 Å². The summed E-state index contributed by atoms with van der Waals surface area (Å²) < 4.78 is 11.6. The van der Waals surface area contributed by atoms with Crippen LogP contribution < -0.4 is 15.4 Å². The zero-order valence-electron chi connectivity index (χ0n) is 21.4. The quantitative estimate of drug-likeness (QED) is 0.428. The van der Waals surface area contributed by atoms with Crippen LogP contribution in [0.5, 0.6) is 11.5 Å². The number of pyridine rings is 1. The molecule has 2 amide bonds. The van der Waals surface area contributed by atoms with Crippen LogP contribution in [0.2, 0.25) is 0 Å². The number of nitrogens with one attached hydrogen (secondary N) is 2. The predicted octanol–water partition coefficient (Wildman–Crippen LogP) is 5.66. The highest BCUT2D eigenvalue weighted by Gasteiger charge is 2.42. The normalized spacial score (nSPS) is 20.8. The first-order chi connectivity index (χ1) is 17.5. The standard InChI is InChI=1S/C29H36N4O3/c1-19(2)20(3)25-16-27(25)32-29(34)31-26-10-11-28(24-7-5-4-6-23(24)26)36-22-9-8-21(30-17-22)18-33-12-14-35-15-13-33/h4-11,17,19-20,25,27H,12-16,18H2,1-3H3,(H2,31,32,34). The zero-order chi connectivity index (χ0) is 25.1. The van der Waals surface area contributed by atoms with Gasteiger partial charge in [0.2, 0.25) is 0 Å². The molecule has 2 aliphatic rings. The number of morpholine rings is 1. The lowest BCUT2D eigenvalue weighted by Crippen LogP contribution is -2.35. The number of amides is 2. The van der Waals surface area contributed by atoms with Crippen molar-refractivity contribution < 1.29 is 14.3 Å². The number of benzene rings is 2. The predicted molar refractivity (Wildman–Crippen MR) is 142 cm³/mol. The Labute approximate surface area is 213 Å². The Balaban J connectivity index is 1.24. The number of urea groups is 1. The summed E-state index contributed by atoms with van der Waals surface area (Å²) in [5.41, 5.74) is 1.78. The van der Waals surface area contributed by atoms with Gasteiger partial charge in [0, 0.05) is 36.4 Å². The van der Waals surface area contributed by atoms with Crippen molar-refractivity contribution in [1.82, 2.24) is 15.2 Å². The van der Waals surface area contributed by atoms with Crippen molar-refractivity contribution in [3.63, 3.8) is 0 Å². The largest absolute Gasteiger partial charge is 0.455 e. The summed E-state index contributed by atoms with van der Waals surface area (Å²) >= 11 is 0. The Morgan fingerprint density at radius 3 is 2.58 bits per heavy atom. The van der Waals surface area contributed by atoms with E-state index in [0.29, 0.717) is 23.5 Å². The fourth-order valence-electron chi connectivity index (χ4n) is 4.93. The molecule has 2 aromatic carbocycles. The van der Waals surface area contributed by atoms with Gasteiger partial charge in [0.15, 0.2) is 0 Å². The van der Waals surface area contributed by atoms with Crippen LogP contribution in [0.25, 0.3) is 10.8 Å². The van der Waals surface area contributed by atoms with E-state index in [9.17, 15) is 4.79 Å². The van der Waals surface area contributed by atoms with Crippen LogP contribution >= 0.6 is 0 Å². The van der Waals surface area contributed by atoms with Gasteiger partial charge in [-0.3, -0.25) is 9.88 Å². The summed E-state index contributed by atoms with van der Waals surface area (Å²) in [5, 5.41) is 8.06. The Kier molecular flexibility index (Phi) is 7.39. The van der Waals surface area contributed by atoms with Crippen LogP contribution in [0.15, 0.2) is 54.7 Å². The highest BCUT2D eigenvalue weighted by molar-refractivity contribution is 6.04. The lowest BCUT2D eigenvalue weighted by Gasteiger charge is -2.26.